The maximum atomic E-state index is 13.4. The molecule has 0 N–H and O–H groups in total. The number of ether oxygens (including phenoxy) is 1. The van der Waals surface area contributed by atoms with E-state index in [1.807, 2.05) is 6.07 Å². The van der Waals surface area contributed by atoms with E-state index in [0.29, 0.717) is 15.6 Å². The van der Waals surface area contributed by atoms with Gasteiger partial charge < -0.3 is 4.74 Å². The monoisotopic (exact) mass is 413 g/mol. The van der Waals surface area contributed by atoms with Gasteiger partial charge in [-0.1, -0.05) is 52.3 Å². The Morgan fingerprint density at radius 2 is 1.88 bits per heavy atom. The van der Waals surface area contributed by atoms with Crippen molar-refractivity contribution in [3.8, 4) is 0 Å². The third-order valence-corrected chi connectivity index (χ3v) is 4.86. The van der Waals surface area contributed by atoms with Gasteiger partial charge in [-0.05, 0) is 36.1 Å². The highest BCUT2D eigenvalue weighted by Crippen LogP contribution is 2.41. The lowest BCUT2D eigenvalue weighted by Gasteiger charge is -2.37. The third kappa shape index (κ3) is 3.81. The summed E-state index contributed by atoms with van der Waals surface area (Å²) in [5.74, 6) is 0. The number of hydrogen-bond donors (Lipinski definition) is 0. The van der Waals surface area contributed by atoms with Crippen LogP contribution in [0, 0.1) is 0 Å². The minimum Gasteiger partial charge on any atom is -0.444 e. The summed E-state index contributed by atoms with van der Waals surface area (Å²) < 4.78 is 46.2. The quantitative estimate of drug-likeness (QED) is 0.653. The number of hydrogen-bond acceptors (Lipinski definition) is 2. The van der Waals surface area contributed by atoms with Crippen LogP contribution in [-0.2, 0) is 17.8 Å². The van der Waals surface area contributed by atoms with Crippen LogP contribution in [0.1, 0.15) is 17.5 Å². The summed E-state index contributed by atoms with van der Waals surface area (Å²) in [6.45, 7) is -0.0793. The standard InChI is InChI=1S/C18H15BrF3NO2/c19-14-7-4-8-15-13(14)9-10-16(18(20,21)22)23(15)17(24)25-11-12-5-2-1-3-6-12/h1-8,16H,9-11H2. The molecule has 0 saturated carbocycles. The van der Waals surface area contributed by atoms with Crippen LogP contribution in [0.3, 0.4) is 0 Å². The van der Waals surface area contributed by atoms with Crippen molar-refractivity contribution in [1.82, 2.24) is 0 Å². The third-order valence-electron chi connectivity index (χ3n) is 4.11. The Morgan fingerprint density at radius 3 is 2.56 bits per heavy atom. The Bertz CT molecular complexity index is 765. The highest BCUT2D eigenvalue weighted by Gasteiger charge is 2.49. The van der Waals surface area contributed by atoms with Gasteiger partial charge in [0.1, 0.15) is 12.6 Å². The molecule has 0 saturated heterocycles. The fourth-order valence-electron chi connectivity index (χ4n) is 2.92. The number of carbonyl (C=O) groups excluding carboxylic acids is 1. The van der Waals surface area contributed by atoms with E-state index < -0.39 is 18.3 Å². The molecule has 0 aliphatic carbocycles. The summed E-state index contributed by atoms with van der Waals surface area (Å²) in [4.78, 5) is 13.2. The second-order valence-corrected chi connectivity index (χ2v) is 6.60. The van der Waals surface area contributed by atoms with Crippen LogP contribution in [0.4, 0.5) is 23.7 Å². The zero-order chi connectivity index (χ0) is 18.0. The largest absolute Gasteiger partial charge is 0.444 e. The van der Waals surface area contributed by atoms with E-state index in [-0.39, 0.29) is 25.1 Å². The van der Waals surface area contributed by atoms with Gasteiger partial charge >= 0.3 is 12.3 Å². The van der Waals surface area contributed by atoms with Crippen LogP contribution < -0.4 is 4.90 Å². The van der Waals surface area contributed by atoms with Gasteiger partial charge in [-0.3, -0.25) is 4.90 Å². The number of fused-ring (bicyclic) bond motifs is 1. The lowest BCUT2D eigenvalue weighted by molar-refractivity contribution is -0.150. The summed E-state index contributed by atoms with van der Waals surface area (Å²) in [5.41, 5.74) is 1.63. The molecule has 1 heterocycles. The number of anilines is 1. The molecule has 1 atom stereocenters. The first-order valence-corrected chi connectivity index (χ1v) is 8.51. The molecule has 132 valence electrons. The van der Waals surface area contributed by atoms with Gasteiger partial charge in [-0.15, -0.1) is 0 Å². The average Bonchev–Trinajstić information content (AvgIpc) is 2.59. The Hall–Kier alpha value is -2.02. The Kier molecular flexibility index (Phi) is 5.03. The fourth-order valence-corrected chi connectivity index (χ4v) is 3.48. The minimum atomic E-state index is -4.52. The van der Waals surface area contributed by atoms with E-state index in [0.717, 1.165) is 4.90 Å². The van der Waals surface area contributed by atoms with E-state index in [1.54, 1.807) is 36.4 Å². The first-order valence-electron chi connectivity index (χ1n) is 7.72. The SMILES string of the molecule is O=C(OCc1ccccc1)N1c2cccc(Br)c2CCC1C(F)(F)F. The van der Waals surface area contributed by atoms with Crippen molar-refractivity contribution < 1.29 is 22.7 Å². The van der Waals surface area contributed by atoms with Gasteiger partial charge in [0.15, 0.2) is 0 Å². The van der Waals surface area contributed by atoms with E-state index in [4.69, 9.17) is 4.74 Å². The molecule has 0 spiro atoms. The zero-order valence-corrected chi connectivity index (χ0v) is 14.7. The summed E-state index contributed by atoms with van der Waals surface area (Å²) in [7, 11) is 0. The van der Waals surface area contributed by atoms with Gasteiger partial charge in [0, 0.05) is 4.47 Å². The molecular formula is C18H15BrF3NO2. The van der Waals surface area contributed by atoms with Crippen molar-refractivity contribution in [1.29, 1.82) is 0 Å². The molecule has 1 aliphatic heterocycles. The topological polar surface area (TPSA) is 29.5 Å². The van der Waals surface area contributed by atoms with E-state index in [9.17, 15) is 18.0 Å². The van der Waals surface area contributed by atoms with Gasteiger partial charge in [0.05, 0.1) is 5.69 Å². The predicted octanol–water partition coefficient (Wildman–Crippen LogP) is 5.47. The Morgan fingerprint density at radius 1 is 1.16 bits per heavy atom. The number of alkyl halides is 3. The molecule has 3 rings (SSSR count). The predicted molar refractivity (Wildman–Crippen MR) is 91.4 cm³/mol. The van der Waals surface area contributed by atoms with Crippen molar-refractivity contribution in [2.24, 2.45) is 0 Å². The highest BCUT2D eigenvalue weighted by molar-refractivity contribution is 9.10. The molecule has 2 aromatic carbocycles. The molecular weight excluding hydrogens is 399 g/mol. The summed E-state index contributed by atoms with van der Waals surface area (Å²) >= 11 is 3.34. The summed E-state index contributed by atoms with van der Waals surface area (Å²) in [6, 6.07) is 11.8. The lowest BCUT2D eigenvalue weighted by atomic mass is 9.96. The van der Waals surface area contributed by atoms with Gasteiger partial charge in [-0.2, -0.15) is 13.2 Å². The minimum absolute atomic E-state index is 0.0793. The van der Waals surface area contributed by atoms with Crippen LogP contribution in [0.5, 0.6) is 0 Å². The Balaban J connectivity index is 1.89. The van der Waals surface area contributed by atoms with Gasteiger partial charge in [0.2, 0.25) is 0 Å². The number of nitrogens with zero attached hydrogens (tertiary/aromatic N) is 1. The fraction of sp³-hybridized carbons (Fsp3) is 0.278. The number of rotatable bonds is 2. The average molecular weight is 414 g/mol. The molecule has 0 fully saturated rings. The number of carbonyl (C=O) groups is 1. The number of amides is 1. The highest BCUT2D eigenvalue weighted by atomic mass is 79.9. The van der Waals surface area contributed by atoms with Crippen molar-refractivity contribution >= 4 is 27.7 Å². The molecule has 0 bridgehead atoms. The first kappa shape index (κ1) is 17.8. The first-order chi connectivity index (χ1) is 11.9. The lowest BCUT2D eigenvalue weighted by Crippen LogP contribution is -2.51. The van der Waals surface area contributed by atoms with Crippen LogP contribution in [0.2, 0.25) is 0 Å². The van der Waals surface area contributed by atoms with Gasteiger partial charge in [-0.25, -0.2) is 4.79 Å². The zero-order valence-electron chi connectivity index (χ0n) is 13.1. The number of halogens is 4. The second kappa shape index (κ2) is 7.07. The van der Waals surface area contributed by atoms with Gasteiger partial charge in [0.25, 0.3) is 0 Å². The number of benzene rings is 2. The van der Waals surface area contributed by atoms with Crippen LogP contribution in [0.25, 0.3) is 0 Å². The smallest absolute Gasteiger partial charge is 0.415 e. The molecule has 0 radical (unpaired) electrons. The normalized spacial score (nSPS) is 17.1. The van der Waals surface area contributed by atoms with Crippen LogP contribution in [0.15, 0.2) is 53.0 Å². The van der Waals surface area contributed by atoms with Crippen molar-refractivity contribution in [3.05, 3.63) is 64.1 Å². The summed E-state index contributed by atoms with van der Waals surface area (Å²) in [5, 5.41) is 0. The maximum Gasteiger partial charge on any atom is 0.415 e. The maximum absolute atomic E-state index is 13.4. The Labute approximate surface area is 151 Å². The molecule has 25 heavy (non-hydrogen) atoms. The van der Waals surface area contributed by atoms with Crippen molar-refractivity contribution in [3.63, 3.8) is 0 Å². The van der Waals surface area contributed by atoms with Crippen molar-refractivity contribution in [2.75, 3.05) is 4.90 Å². The molecule has 2 aromatic rings. The van der Waals surface area contributed by atoms with Crippen molar-refractivity contribution in [2.45, 2.75) is 31.7 Å². The molecule has 0 aromatic heterocycles. The molecule has 3 nitrogen and oxygen atoms in total. The van der Waals surface area contributed by atoms with E-state index in [1.165, 1.54) is 6.07 Å². The molecule has 1 amide bonds. The second-order valence-electron chi connectivity index (χ2n) is 5.74. The molecule has 1 aliphatic rings. The van der Waals surface area contributed by atoms with E-state index >= 15 is 0 Å². The molecule has 7 heteroatoms. The van der Waals surface area contributed by atoms with Crippen LogP contribution in [-0.4, -0.2) is 18.3 Å². The van der Waals surface area contributed by atoms with Crippen LogP contribution >= 0.6 is 15.9 Å². The molecule has 1 unspecified atom stereocenters. The summed E-state index contributed by atoms with van der Waals surface area (Å²) in [6.07, 6.45) is -5.47. The van der Waals surface area contributed by atoms with E-state index in [2.05, 4.69) is 15.9 Å².